The summed E-state index contributed by atoms with van der Waals surface area (Å²) in [5.41, 5.74) is 0.749. The molecule has 3 rings (SSSR count). The van der Waals surface area contributed by atoms with Gasteiger partial charge in [-0.3, -0.25) is 14.5 Å². The third-order valence-corrected chi connectivity index (χ3v) is 4.60. The van der Waals surface area contributed by atoms with E-state index in [9.17, 15) is 19.2 Å². The quantitative estimate of drug-likeness (QED) is 0.557. The standard InChI is InChI=1S/C23H23NO6/c1-23(2,3)30-21(27)15-9-7-8-14(12-15)13-18(22(28)29-4)24-19(25)16-10-5-6-11-17(16)20(24)26/h5-12,18H,13H2,1-4H3. The first-order valence-corrected chi connectivity index (χ1v) is 9.49. The summed E-state index contributed by atoms with van der Waals surface area (Å²) in [5, 5.41) is 0. The van der Waals surface area contributed by atoms with Crippen molar-refractivity contribution in [3.05, 3.63) is 70.8 Å². The lowest BCUT2D eigenvalue weighted by atomic mass is 10.0. The molecule has 0 saturated carbocycles. The number of rotatable bonds is 5. The Morgan fingerprint density at radius 2 is 1.57 bits per heavy atom. The molecule has 1 aliphatic rings. The Bertz CT molecular complexity index is 985. The molecule has 0 radical (unpaired) electrons. The van der Waals surface area contributed by atoms with Crippen LogP contribution >= 0.6 is 0 Å². The zero-order valence-corrected chi connectivity index (χ0v) is 17.3. The predicted octanol–water partition coefficient (Wildman–Crippen LogP) is 3.02. The molecule has 1 unspecified atom stereocenters. The van der Waals surface area contributed by atoms with Gasteiger partial charge in [-0.25, -0.2) is 9.59 Å². The number of amides is 2. The van der Waals surface area contributed by atoms with Gasteiger partial charge in [0.15, 0.2) is 0 Å². The summed E-state index contributed by atoms with van der Waals surface area (Å²) in [4.78, 5) is 51.4. The second-order valence-electron chi connectivity index (χ2n) is 7.97. The maximum Gasteiger partial charge on any atom is 0.338 e. The van der Waals surface area contributed by atoms with E-state index in [0.717, 1.165) is 4.90 Å². The zero-order chi connectivity index (χ0) is 22.1. The molecule has 0 aromatic heterocycles. The third-order valence-electron chi connectivity index (χ3n) is 4.60. The summed E-state index contributed by atoms with van der Waals surface area (Å²) in [5.74, 6) is -2.31. The van der Waals surface area contributed by atoms with Crippen LogP contribution in [0.25, 0.3) is 0 Å². The molecule has 1 heterocycles. The Morgan fingerprint density at radius 1 is 0.967 bits per heavy atom. The maximum atomic E-state index is 12.8. The molecule has 0 N–H and O–H groups in total. The Morgan fingerprint density at radius 3 is 2.10 bits per heavy atom. The highest BCUT2D eigenvalue weighted by atomic mass is 16.6. The first kappa shape index (κ1) is 21.2. The molecule has 0 fully saturated rings. The summed E-state index contributed by atoms with van der Waals surface area (Å²) >= 11 is 0. The summed E-state index contributed by atoms with van der Waals surface area (Å²) in [6.07, 6.45) is 0.00871. The van der Waals surface area contributed by atoms with Crippen LogP contribution in [0.4, 0.5) is 0 Å². The van der Waals surface area contributed by atoms with Crippen LogP contribution in [0, 0.1) is 0 Å². The topological polar surface area (TPSA) is 90.0 Å². The van der Waals surface area contributed by atoms with Gasteiger partial charge in [0.05, 0.1) is 23.8 Å². The smallest absolute Gasteiger partial charge is 0.338 e. The number of nitrogens with zero attached hydrogens (tertiary/aromatic N) is 1. The molecule has 2 amide bonds. The molecular formula is C23H23NO6. The Hall–Kier alpha value is -3.48. The fraction of sp³-hybridized carbons (Fsp3) is 0.304. The van der Waals surface area contributed by atoms with E-state index in [-0.39, 0.29) is 17.5 Å². The molecule has 0 bridgehead atoms. The molecule has 1 aliphatic heterocycles. The SMILES string of the molecule is COC(=O)C(Cc1cccc(C(=O)OC(C)(C)C)c1)N1C(=O)c2ccccc2C1=O. The van der Waals surface area contributed by atoms with E-state index in [4.69, 9.17) is 9.47 Å². The molecule has 0 saturated heterocycles. The van der Waals surface area contributed by atoms with Crippen LogP contribution in [0.3, 0.4) is 0 Å². The molecule has 30 heavy (non-hydrogen) atoms. The molecule has 1 atom stereocenters. The highest BCUT2D eigenvalue weighted by Crippen LogP contribution is 2.26. The van der Waals surface area contributed by atoms with Gasteiger partial charge in [0.1, 0.15) is 11.6 Å². The predicted molar refractivity (Wildman–Crippen MR) is 108 cm³/mol. The van der Waals surface area contributed by atoms with Gasteiger partial charge < -0.3 is 9.47 Å². The number of carbonyl (C=O) groups is 4. The van der Waals surface area contributed by atoms with E-state index in [0.29, 0.717) is 11.1 Å². The minimum Gasteiger partial charge on any atom is -0.467 e. The van der Waals surface area contributed by atoms with Crippen LogP contribution in [-0.2, 0) is 20.7 Å². The van der Waals surface area contributed by atoms with E-state index >= 15 is 0 Å². The largest absolute Gasteiger partial charge is 0.467 e. The molecule has 2 aromatic carbocycles. The highest BCUT2D eigenvalue weighted by Gasteiger charge is 2.43. The Labute approximate surface area is 174 Å². The van der Waals surface area contributed by atoms with Crippen molar-refractivity contribution in [1.29, 1.82) is 0 Å². The van der Waals surface area contributed by atoms with Crippen molar-refractivity contribution in [2.24, 2.45) is 0 Å². The van der Waals surface area contributed by atoms with Crippen molar-refractivity contribution in [3.63, 3.8) is 0 Å². The van der Waals surface area contributed by atoms with Crippen molar-refractivity contribution in [1.82, 2.24) is 4.90 Å². The van der Waals surface area contributed by atoms with Crippen molar-refractivity contribution < 1.29 is 28.7 Å². The van der Waals surface area contributed by atoms with Crippen molar-refractivity contribution >= 4 is 23.8 Å². The fourth-order valence-electron chi connectivity index (χ4n) is 3.29. The normalized spacial score (nSPS) is 14.3. The third kappa shape index (κ3) is 4.25. The number of benzene rings is 2. The fourth-order valence-corrected chi connectivity index (χ4v) is 3.29. The number of hydrogen-bond donors (Lipinski definition) is 0. The van der Waals surface area contributed by atoms with Gasteiger partial charge in [0, 0.05) is 6.42 Å². The minimum absolute atomic E-state index is 0.00871. The molecule has 156 valence electrons. The lowest BCUT2D eigenvalue weighted by Crippen LogP contribution is -2.46. The summed E-state index contributed by atoms with van der Waals surface area (Å²) in [6, 6.07) is 11.8. The lowest BCUT2D eigenvalue weighted by Gasteiger charge is -2.24. The summed E-state index contributed by atoms with van der Waals surface area (Å²) in [7, 11) is 1.20. The molecule has 2 aromatic rings. The van der Waals surface area contributed by atoms with E-state index < -0.39 is 35.4 Å². The van der Waals surface area contributed by atoms with E-state index in [2.05, 4.69) is 0 Å². The molecule has 7 nitrogen and oxygen atoms in total. The summed E-state index contributed by atoms with van der Waals surface area (Å²) in [6.45, 7) is 5.30. The number of carbonyl (C=O) groups excluding carboxylic acids is 4. The van der Waals surface area contributed by atoms with Gasteiger partial charge in [-0.15, -0.1) is 0 Å². The van der Waals surface area contributed by atoms with Crippen LogP contribution in [0.1, 0.15) is 57.4 Å². The van der Waals surface area contributed by atoms with E-state index in [1.807, 2.05) is 0 Å². The number of fused-ring (bicyclic) bond motifs is 1. The van der Waals surface area contributed by atoms with Gasteiger partial charge in [-0.05, 0) is 50.6 Å². The van der Waals surface area contributed by atoms with Gasteiger partial charge in [0.2, 0.25) is 0 Å². The summed E-state index contributed by atoms with van der Waals surface area (Å²) < 4.78 is 10.2. The molecular weight excluding hydrogens is 386 g/mol. The van der Waals surface area contributed by atoms with Crippen molar-refractivity contribution in [2.75, 3.05) is 7.11 Å². The van der Waals surface area contributed by atoms with Gasteiger partial charge in [-0.2, -0.15) is 0 Å². The second-order valence-corrected chi connectivity index (χ2v) is 7.97. The van der Waals surface area contributed by atoms with Crippen LogP contribution < -0.4 is 0 Å². The average molecular weight is 409 g/mol. The molecule has 0 spiro atoms. The van der Waals surface area contributed by atoms with Crippen LogP contribution in [0.5, 0.6) is 0 Å². The zero-order valence-electron chi connectivity index (χ0n) is 17.3. The number of imide groups is 1. The monoisotopic (exact) mass is 409 g/mol. The first-order chi connectivity index (χ1) is 14.1. The highest BCUT2D eigenvalue weighted by molar-refractivity contribution is 6.22. The number of hydrogen-bond acceptors (Lipinski definition) is 6. The van der Waals surface area contributed by atoms with E-state index in [1.165, 1.54) is 7.11 Å². The lowest BCUT2D eigenvalue weighted by molar-refractivity contribution is -0.145. The number of methoxy groups -OCH3 is 1. The Kier molecular flexibility index (Phi) is 5.73. The van der Waals surface area contributed by atoms with Crippen LogP contribution in [0.2, 0.25) is 0 Å². The number of esters is 2. The second kappa shape index (κ2) is 8.10. The number of ether oxygens (including phenoxy) is 2. The van der Waals surface area contributed by atoms with Crippen LogP contribution in [-0.4, -0.2) is 47.4 Å². The first-order valence-electron chi connectivity index (χ1n) is 9.49. The average Bonchev–Trinajstić information content (AvgIpc) is 2.95. The van der Waals surface area contributed by atoms with E-state index in [1.54, 1.807) is 69.3 Å². The molecule has 0 aliphatic carbocycles. The van der Waals surface area contributed by atoms with Gasteiger partial charge >= 0.3 is 11.9 Å². The molecule has 7 heteroatoms. The van der Waals surface area contributed by atoms with Crippen molar-refractivity contribution in [3.8, 4) is 0 Å². The van der Waals surface area contributed by atoms with Gasteiger partial charge in [0.25, 0.3) is 11.8 Å². The van der Waals surface area contributed by atoms with Crippen molar-refractivity contribution in [2.45, 2.75) is 38.8 Å². The van der Waals surface area contributed by atoms with Crippen LogP contribution in [0.15, 0.2) is 48.5 Å². The Balaban J connectivity index is 1.90. The van der Waals surface area contributed by atoms with Gasteiger partial charge in [-0.1, -0.05) is 24.3 Å². The minimum atomic E-state index is -1.16. The maximum absolute atomic E-state index is 12.8.